The van der Waals surface area contributed by atoms with Gasteiger partial charge in [-0.1, -0.05) is 59.8 Å². The number of nitrogens with zero attached hydrogens (tertiary/aromatic N) is 3. The van der Waals surface area contributed by atoms with E-state index >= 15 is 0 Å². The molecule has 0 saturated carbocycles. The van der Waals surface area contributed by atoms with Gasteiger partial charge < -0.3 is 14.6 Å². The van der Waals surface area contributed by atoms with Gasteiger partial charge in [0.05, 0.1) is 19.0 Å². The average Bonchev–Trinajstić information content (AvgIpc) is 3.33. The smallest absolute Gasteiger partial charge is 0.226 e. The van der Waals surface area contributed by atoms with Crippen LogP contribution >= 0.6 is 0 Å². The van der Waals surface area contributed by atoms with Gasteiger partial charge in [-0.25, -0.2) is 8.42 Å². The van der Waals surface area contributed by atoms with Gasteiger partial charge in [0.25, 0.3) is 0 Å². The number of carbonyl (C=O) groups is 1. The van der Waals surface area contributed by atoms with E-state index in [-0.39, 0.29) is 18.2 Å². The van der Waals surface area contributed by atoms with Crippen LogP contribution in [-0.4, -0.2) is 55.1 Å². The summed E-state index contributed by atoms with van der Waals surface area (Å²) >= 11 is 0. The number of aryl methyl sites for hydroxylation is 1. The van der Waals surface area contributed by atoms with Gasteiger partial charge in [-0.2, -0.15) is 9.29 Å². The van der Waals surface area contributed by atoms with E-state index in [1.807, 2.05) is 48.5 Å². The molecule has 0 unspecified atom stereocenters. The second-order valence-corrected chi connectivity index (χ2v) is 10.0. The Morgan fingerprint density at radius 3 is 2.47 bits per heavy atom. The Bertz CT molecular complexity index is 1190. The Labute approximate surface area is 199 Å². The lowest BCUT2D eigenvalue weighted by atomic mass is 10.1. The summed E-state index contributed by atoms with van der Waals surface area (Å²) < 4.78 is 37.5. The first-order valence-electron chi connectivity index (χ1n) is 11.3. The quantitative estimate of drug-likeness (QED) is 0.470. The van der Waals surface area contributed by atoms with Crippen molar-refractivity contribution >= 4 is 15.9 Å². The molecule has 34 heavy (non-hydrogen) atoms. The summed E-state index contributed by atoms with van der Waals surface area (Å²) in [6, 6.07) is 16.8. The summed E-state index contributed by atoms with van der Waals surface area (Å²) in [7, 11) is -3.44. The van der Waals surface area contributed by atoms with Gasteiger partial charge >= 0.3 is 0 Å². The normalized spacial score (nSPS) is 14.7. The van der Waals surface area contributed by atoms with Gasteiger partial charge in [0.15, 0.2) is 0 Å². The van der Waals surface area contributed by atoms with Gasteiger partial charge in [-0.15, -0.1) is 0 Å². The molecule has 1 aromatic heterocycles. The van der Waals surface area contributed by atoms with Gasteiger partial charge in [0.1, 0.15) is 0 Å². The van der Waals surface area contributed by atoms with Crippen LogP contribution in [0.25, 0.3) is 11.4 Å². The number of morpholine rings is 1. The number of hydrogen-bond acceptors (Lipinski definition) is 7. The second kappa shape index (κ2) is 11.4. The Kier molecular flexibility index (Phi) is 8.04. The lowest BCUT2D eigenvalue weighted by Crippen LogP contribution is -2.41. The molecule has 0 spiro atoms. The maximum atomic E-state index is 12.8. The molecule has 9 nitrogen and oxygen atoms in total. The first-order chi connectivity index (χ1) is 16.5. The molecule has 0 atom stereocenters. The predicted octanol–water partition coefficient (Wildman–Crippen LogP) is 2.54. The zero-order chi connectivity index (χ0) is 23.8. The van der Waals surface area contributed by atoms with Crippen LogP contribution in [0.5, 0.6) is 0 Å². The van der Waals surface area contributed by atoms with Crippen molar-refractivity contribution < 1.29 is 22.5 Å². The van der Waals surface area contributed by atoms with E-state index in [1.165, 1.54) is 4.31 Å². The van der Waals surface area contributed by atoms with Crippen LogP contribution in [0.3, 0.4) is 0 Å². The highest BCUT2D eigenvalue weighted by molar-refractivity contribution is 7.88. The molecular formula is C24H28N4O5S. The standard InChI is InChI=1S/C24H28N4O5S/c29-22(11-6-12-23-26-24(27-33-23)19-7-2-1-3-8-19)25-17-20-9-4-5-10-21(20)18-34(30,31)28-13-15-32-16-14-28/h1-5,7-10H,6,11-18H2,(H,25,29). The van der Waals surface area contributed by atoms with Crippen molar-refractivity contribution in [1.82, 2.24) is 19.8 Å². The molecule has 1 aliphatic heterocycles. The van der Waals surface area contributed by atoms with Crippen LogP contribution in [0, 0.1) is 0 Å². The summed E-state index contributed by atoms with van der Waals surface area (Å²) in [6.45, 7) is 1.83. The highest BCUT2D eigenvalue weighted by Gasteiger charge is 2.25. The van der Waals surface area contributed by atoms with Crippen LogP contribution in [-0.2, 0) is 38.3 Å². The van der Waals surface area contributed by atoms with Crippen molar-refractivity contribution in [3.8, 4) is 11.4 Å². The number of hydrogen-bond donors (Lipinski definition) is 1. The molecule has 10 heteroatoms. The molecule has 0 bridgehead atoms. The molecule has 180 valence electrons. The van der Waals surface area contributed by atoms with Gasteiger partial charge in [-0.05, 0) is 17.5 Å². The van der Waals surface area contributed by atoms with Crippen LogP contribution in [0.4, 0.5) is 0 Å². The minimum absolute atomic E-state index is 0.0973. The predicted molar refractivity (Wildman–Crippen MR) is 126 cm³/mol. The van der Waals surface area contributed by atoms with E-state index < -0.39 is 10.0 Å². The first kappa shape index (κ1) is 24.1. The van der Waals surface area contributed by atoms with Crippen molar-refractivity contribution in [2.45, 2.75) is 31.6 Å². The molecule has 3 aromatic rings. The summed E-state index contributed by atoms with van der Waals surface area (Å²) in [4.78, 5) is 16.7. The molecule has 0 radical (unpaired) electrons. The minimum atomic E-state index is -3.44. The number of amides is 1. The van der Waals surface area contributed by atoms with E-state index in [0.29, 0.717) is 62.8 Å². The number of sulfonamides is 1. The van der Waals surface area contributed by atoms with Crippen molar-refractivity contribution in [3.63, 3.8) is 0 Å². The van der Waals surface area contributed by atoms with Crippen LogP contribution in [0.15, 0.2) is 59.1 Å². The van der Waals surface area contributed by atoms with Crippen LogP contribution in [0.2, 0.25) is 0 Å². The third-order valence-electron chi connectivity index (χ3n) is 5.59. The molecule has 2 heterocycles. The van der Waals surface area contributed by atoms with Crippen molar-refractivity contribution in [2.75, 3.05) is 26.3 Å². The molecule has 1 saturated heterocycles. The lowest BCUT2D eigenvalue weighted by Gasteiger charge is -2.26. The van der Waals surface area contributed by atoms with E-state index in [0.717, 1.165) is 11.1 Å². The molecule has 1 N–H and O–H groups in total. The van der Waals surface area contributed by atoms with E-state index in [1.54, 1.807) is 6.07 Å². The van der Waals surface area contributed by atoms with E-state index in [4.69, 9.17) is 9.26 Å². The lowest BCUT2D eigenvalue weighted by molar-refractivity contribution is -0.121. The highest BCUT2D eigenvalue weighted by Crippen LogP contribution is 2.17. The third-order valence-corrected chi connectivity index (χ3v) is 7.42. The number of benzene rings is 2. The number of nitrogens with one attached hydrogen (secondary N) is 1. The Morgan fingerprint density at radius 2 is 1.71 bits per heavy atom. The average molecular weight is 485 g/mol. The fraction of sp³-hybridized carbons (Fsp3) is 0.375. The zero-order valence-electron chi connectivity index (χ0n) is 18.9. The topological polar surface area (TPSA) is 115 Å². The van der Waals surface area contributed by atoms with Gasteiger partial charge in [0, 0.05) is 38.0 Å². The molecular weight excluding hydrogens is 456 g/mol. The third kappa shape index (κ3) is 6.49. The largest absolute Gasteiger partial charge is 0.379 e. The summed E-state index contributed by atoms with van der Waals surface area (Å²) in [5, 5.41) is 6.87. The summed E-state index contributed by atoms with van der Waals surface area (Å²) in [5.41, 5.74) is 2.36. The maximum Gasteiger partial charge on any atom is 0.226 e. The Balaban J connectivity index is 1.25. The highest BCUT2D eigenvalue weighted by atomic mass is 32.2. The molecule has 4 rings (SSSR count). The van der Waals surface area contributed by atoms with Crippen LogP contribution < -0.4 is 5.32 Å². The van der Waals surface area contributed by atoms with Crippen molar-refractivity contribution in [2.24, 2.45) is 0 Å². The number of ether oxygens (including phenoxy) is 1. The summed E-state index contributed by atoms with van der Waals surface area (Å²) in [5.74, 6) is 0.808. The van der Waals surface area contributed by atoms with Crippen LogP contribution in [0.1, 0.15) is 29.9 Å². The Hall–Kier alpha value is -3.08. The molecule has 1 aliphatic rings. The van der Waals surface area contributed by atoms with Gasteiger partial charge in [0.2, 0.25) is 27.6 Å². The first-order valence-corrected chi connectivity index (χ1v) is 12.9. The SMILES string of the molecule is O=C(CCCc1nc(-c2ccccc2)no1)NCc1ccccc1CS(=O)(=O)N1CCOCC1. The zero-order valence-corrected chi connectivity index (χ0v) is 19.7. The summed E-state index contributed by atoms with van der Waals surface area (Å²) in [6.07, 6.45) is 1.37. The fourth-order valence-corrected chi connectivity index (χ4v) is 5.29. The maximum absolute atomic E-state index is 12.8. The van der Waals surface area contributed by atoms with E-state index in [9.17, 15) is 13.2 Å². The second-order valence-electron chi connectivity index (χ2n) is 8.04. The number of aromatic nitrogens is 2. The van der Waals surface area contributed by atoms with Crippen molar-refractivity contribution in [1.29, 1.82) is 0 Å². The molecule has 2 aromatic carbocycles. The van der Waals surface area contributed by atoms with E-state index in [2.05, 4.69) is 15.5 Å². The fourth-order valence-electron chi connectivity index (χ4n) is 3.73. The molecule has 1 amide bonds. The molecule has 0 aliphatic carbocycles. The number of carbonyl (C=O) groups excluding carboxylic acids is 1. The number of rotatable bonds is 10. The molecule has 1 fully saturated rings. The Morgan fingerprint density at radius 1 is 1.00 bits per heavy atom. The minimum Gasteiger partial charge on any atom is -0.379 e. The van der Waals surface area contributed by atoms with Crippen molar-refractivity contribution in [3.05, 3.63) is 71.6 Å². The van der Waals surface area contributed by atoms with Gasteiger partial charge in [-0.3, -0.25) is 4.79 Å². The monoisotopic (exact) mass is 484 g/mol.